The molecule has 0 spiro atoms. The lowest BCUT2D eigenvalue weighted by Gasteiger charge is -2.47. The molecule has 0 saturated heterocycles. The summed E-state index contributed by atoms with van der Waals surface area (Å²) in [6, 6.07) is 0. The number of hydrogen-bond donors (Lipinski definition) is 1. The minimum absolute atomic E-state index is 0.292. The van der Waals surface area contributed by atoms with E-state index in [1.807, 2.05) is 7.11 Å². The van der Waals surface area contributed by atoms with Crippen LogP contribution in [0.2, 0.25) is 0 Å². The lowest BCUT2D eigenvalue weighted by molar-refractivity contribution is 0.00834. The molecule has 2 bridgehead atoms. The SMILES string of the molecule is C=C1C2C(CO)C3CCCC1(C)C3C2OC. The highest BCUT2D eigenvalue weighted by atomic mass is 16.5. The Hall–Kier alpha value is -0.340. The van der Waals surface area contributed by atoms with E-state index >= 15 is 0 Å². The van der Waals surface area contributed by atoms with Crippen LogP contribution in [-0.4, -0.2) is 24.9 Å². The molecule has 0 aromatic carbocycles. The summed E-state index contributed by atoms with van der Waals surface area (Å²) >= 11 is 0. The number of methoxy groups -OCH3 is 1. The second-order valence-electron chi connectivity index (χ2n) is 6.10. The van der Waals surface area contributed by atoms with Crippen LogP contribution >= 0.6 is 0 Å². The quantitative estimate of drug-likeness (QED) is 0.726. The van der Waals surface area contributed by atoms with Gasteiger partial charge in [-0.3, -0.25) is 0 Å². The van der Waals surface area contributed by atoms with Crippen LogP contribution in [0.25, 0.3) is 0 Å². The molecular formula is C14H22O2. The molecular weight excluding hydrogens is 200 g/mol. The van der Waals surface area contributed by atoms with Crippen molar-refractivity contribution >= 4 is 0 Å². The van der Waals surface area contributed by atoms with Gasteiger partial charge in [-0.2, -0.15) is 0 Å². The molecule has 1 N–H and O–H groups in total. The third-order valence-corrected chi connectivity index (χ3v) is 5.77. The van der Waals surface area contributed by atoms with Gasteiger partial charge in [-0.25, -0.2) is 0 Å². The normalized spacial score (nSPS) is 54.7. The summed E-state index contributed by atoms with van der Waals surface area (Å²) in [7, 11) is 1.82. The molecule has 0 aromatic rings. The maximum absolute atomic E-state index is 9.62. The Morgan fingerprint density at radius 1 is 1.56 bits per heavy atom. The molecule has 2 nitrogen and oxygen atoms in total. The second-order valence-corrected chi connectivity index (χ2v) is 6.10. The van der Waals surface area contributed by atoms with Crippen molar-refractivity contribution in [3.05, 3.63) is 12.2 Å². The zero-order valence-electron chi connectivity index (χ0n) is 10.3. The van der Waals surface area contributed by atoms with Crippen LogP contribution in [-0.2, 0) is 4.74 Å². The monoisotopic (exact) mass is 222 g/mol. The first-order valence-electron chi connectivity index (χ1n) is 6.48. The molecule has 90 valence electrons. The van der Waals surface area contributed by atoms with E-state index in [1.54, 1.807) is 0 Å². The Morgan fingerprint density at radius 2 is 2.31 bits per heavy atom. The Labute approximate surface area is 97.7 Å². The van der Waals surface area contributed by atoms with Gasteiger partial charge in [-0.1, -0.05) is 25.5 Å². The fourth-order valence-electron chi connectivity index (χ4n) is 5.10. The van der Waals surface area contributed by atoms with E-state index in [9.17, 15) is 5.11 Å². The summed E-state index contributed by atoms with van der Waals surface area (Å²) in [6.07, 6.45) is 4.15. The number of hydrogen-bond acceptors (Lipinski definition) is 2. The van der Waals surface area contributed by atoms with E-state index in [4.69, 9.17) is 4.74 Å². The zero-order valence-corrected chi connectivity index (χ0v) is 10.3. The molecule has 3 aliphatic rings. The summed E-state index contributed by atoms with van der Waals surface area (Å²) in [6.45, 7) is 7.01. The molecule has 6 unspecified atom stereocenters. The van der Waals surface area contributed by atoms with Crippen molar-refractivity contribution in [3.63, 3.8) is 0 Å². The van der Waals surface area contributed by atoms with Crippen molar-refractivity contribution in [1.82, 2.24) is 0 Å². The summed E-state index contributed by atoms with van der Waals surface area (Å²) in [5.74, 6) is 2.11. The maximum Gasteiger partial charge on any atom is 0.0679 e. The van der Waals surface area contributed by atoms with Crippen LogP contribution in [0.1, 0.15) is 26.2 Å². The van der Waals surface area contributed by atoms with E-state index in [2.05, 4.69) is 13.5 Å². The molecule has 3 rings (SSSR count). The smallest absolute Gasteiger partial charge is 0.0679 e. The zero-order chi connectivity index (χ0) is 11.5. The topological polar surface area (TPSA) is 29.5 Å². The average molecular weight is 222 g/mol. The predicted octanol–water partition coefficient (Wildman–Crippen LogP) is 2.23. The third-order valence-electron chi connectivity index (χ3n) is 5.77. The van der Waals surface area contributed by atoms with E-state index in [0.29, 0.717) is 41.8 Å². The van der Waals surface area contributed by atoms with Gasteiger partial charge in [-0.05, 0) is 36.0 Å². The van der Waals surface area contributed by atoms with Crippen LogP contribution in [0.5, 0.6) is 0 Å². The van der Waals surface area contributed by atoms with Crippen molar-refractivity contribution < 1.29 is 9.84 Å². The minimum Gasteiger partial charge on any atom is -0.396 e. The highest BCUT2D eigenvalue weighted by Gasteiger charge is 2.66. The molecule has 3 aliphatic carbocycles. The largest absolute Gasteiger partial charge is 0.396 e. The molecule has 6 atom stereocenters. The molecule has 0 aromatic heterocycles. The average Bonchev–Trinajstić information content (AvgIpc) is 2.72. The van der Waals surface area contributed by atoms with Gasteiger partial charge < -0.3 is 9.84 Å². The van der Waals surface area contributed by atoms with Gasteiger partial charge >= 0.3 is 0 Å². The number of aliphatic hydroxyl groups excluding tert-OH is 1. The van der Waals surface area contributed by atoms with Crippen LogP contribution in [0.4, 0.5) is 0 Å². The van der Waals surface area contributed by atoms with Gasteiger partial charge in [0.25, 0.3) is 0 Å². The Morgan fingerprint density at radius 3 is 2.94 bits per heavy atom. The number of fused-ring (bicyclic) bond motifs is 1. The van der Waals surface area contributed by atoms with E-state index in [1.165, 1.54) is 24.8 Å². The molecule has 16 heavy (non-hydrogen) atoms. The van der Waals surface area contributed by atoms with Crippen molar-refractivity contribution in [3.8, 4) is 0 Å². The third kappa shape index (κ3) is 1.01. The standard InChI is InChI=1S/C14H22O2/c1-8-11-10(7-15)9-5-4-6-14(8,2)12(9)13(11)16-3/h9-13,15H,1,4-7H2,2-3H3. The molecule has 0 heterocycles. The van der Waals surface area contributed by atoms with Crippen LogP contribution in [0.3, 0.4) is 0 Å². The number of rotatable bonds is 2. The van der Waals surface area contributed by atoms with Crippen LogP contribution < -0.4 is 0 Å². The van der Waals surface area contributed by atoms with Gasteiger partial charge in [0.05, 0.1) is 6.10 Å². The van der Waals surface area contributed by atoms with E-state index in [-0.39, 0.29) is 0 Å². The molecule has 0 radical (unpaired) electrons. The summed E-state index contributed by atoms with van der Waals surface area (Å²) < 4.78 is 5.73. The number of ether oxygens (including phenoxy) is 1. The lowest BCUT2D eigenvalue weighted by Crippen LogP contribution is -2.42. The fraction of sp³-hybridized carbons (Fsp3) is 0.857. The lowest BCUT2D eigenvalue weighted by atomic mass is 9.57. The van der Waals surface area contributed by atoms with Crippen molar-refractivity contribution in [2.24, 2.45) is 29.1 Å². The number of aliphatic hydroxyl groups is 1. The summed E-state index contributed by atoms with van der Waals surface area (Å²) in [5.41, 5.74) is 1.65. The molecule has 3 fully saturated rings. The van der Waals surface area contributed by atoms with Gasteiger partial charge in [0.15, 0.2) is 0 Å². The van der Waals surface area contributed by atoms with Crippen LogP contribution in [0.15, 0.2) is 12.2 Å². The molecule has 0 aliphatic heterocycles. The highest BCUT2D eigenvalue weighted by molar-refractivity contribution is 5.32. The Balaban J connectivity index is 2.05. The maximum atomic E-state index is 9.62. The highest BCUT2D eigenvalue weighted by Crippen LogP contribution is 2.68. The van der Waals surface area contributed by atoms with E-state index in [0.717, 1.165) is 0 Å². The Bertz CT molecular complexity index is 325. The van der Waals surface area contributed by atoms with E-state index < -0.39 is 0 Å². The second kappa shape index (κ2) is 3.33. The molecule has 3 saturated carbocycles. The summed E-state index contributed by atoms with van der Waals surface area (Å²) in [5, 5.41) is 9.62. The van der Waals surface area contributed by atoms with Crippen LogP contribution in [0, 0.1) is 29.1 Å². The first kappa shape index (κ1) is 10.8. The van der Waals surface area contributed by atoms with Crippen molar-refractivity contribution in [1.29, 1.82) is 0 Å². The van der Waals surface area contributed by atoms with Gasteiger partial charge in [-0.15, -0.1) is 0 Å². The first-order valence-corrected chi connectivity index (χ1v) is 6.48. The molecule has 0 amide bonds. The van der Waals surface area contributed by atoms with Crippen molar-refractivity contribution in [2.75, 3.05) is 13.7 Å². The van der Waals surface area contributed by atoms with Crippen molar-refractivity contribution in [2.45, 2.75) is 32.3 Å². The Kier molecular flexibility index (Phi) is 2.25. The predicted molar refractivity (Wildman–Crippen MR) is 62.9 cm³/mol. The van der Waals surface area contributed by atoms with Gasteiger partial charge in [0.1, 0.15) is 0 Å². The first-order chi connectivity index (χ1) is 7.65. The summed E-state index contributed by atoms with van der Waals surface area (Å²) in [4.78, 5) is 0. The van der Waals surface area contributed by atoms with Gasteiger partial charge in [0.2, 0.25) is 0 Å². The molecule has 2 heteroatoms. The van der Waals surface area contributed by atoms with Gasteiger partial charge in [0, 0.05) is 19.6 Å². The fourth-order valence-corrected chi connectivity index (χ4v) is 5.10. The minimum atomic E-state index is 0.292.